The number of nitro benzene ring substituents is 2. The zero-order chi connectivity index (χ0) is 17.7. The minimum Gasteiger partial charge on any atom is -0.267 e. The number of carbonyl (C=O) groups excluding carboxylic acids is 1. The number of rotatable bonds is 5. The van der Waals surface area contributed by atoms with Crippen LogP contribution in [0.5, 0.6) is 0 Å². The van der Waals surface area contributed by atoms with Crippen molar-refractivity contribution in [3.8, 4) is 0 Å². The third-order valence-corrected chi connectivity index (χ3v) is 3.12. The monoisotopic (exact) mass is 328 g/mol. The molecule has 0 spiro atoms. The Morgan fingerprint density at radius 3 is 2.50 bits per heavy atom. The van der Waals surface area contributed by atoms with Gasteiger partial charge in [0.1, 0.15) is 0 Å². The van der Waals surface area contributed by atoms with Gasteiger partial charge in [-0.2, -0.15) is 5.10 Å². The Labute approximate surface area is 135 Å². The van der Waals surface area contributed by atoms with Gasteiger partial charge in [-0.3, -0.25) is 25.0 Å². The van der Waals surface area contributed by atoms with E-state index in [1.807, 2.05) is 0 Å². The number of carbonyl (C=O) groups is 1. The zero-order valence-electron chi connectivity index (χ0n) is 12.5. The van der Waals surface area contributed by atoms with Crippen LogP contribution in [0.2, 0.25) is 0 Å². The highest BCUT2D eigenvalue weighted by atomic mass is 16.6. The van der Waals surface area contributed by atoms with Gasteiger partial charge < -0.3 is 0 Å². The first-order valence-electron chi connectivity index (χ1n) is 6.71. The molecule has 24 heavy (non-hydrogen) atoms. The molecular weight excluding hydrogens is 316 g/mol. The summed E-state index contributed by atoms with van der Waals surface area (Å²) in [7, 11) is 0. The van der Waals surface area contributed by atoms with Crippen LogP contribution in [-0.4, -0.2) is 22.0 Å². The van der Waals surface area contributed by atoms with E-state index < -0.39 is 15.8 Å². The van der Waals surface area contributed by atoms with Gasteiger partial charge >= 0.3 is 0 Å². The lowest BCUT2D eigenvalue weighted by Gasteiger charge is -2.02. The number of aryl methyl sites for hydroxylation is 1. The van der Waals surface area contributed by atoms with Crippen molar-refractivity contribution in [2.24, 2.45) is 5.10 Å². The van der Waals surface area contributed by atoms with E-state index in [4.69, 9.17) is 0 Å². The highest BCUT2D eigenvalue weighted by molar-refractivity contribution is 5.95. The average molecular weight is 328 g/mol. The van der Waals surface area contributed by atoms with E-state index >= 15 is 0 Å². The molecule has 2 aromatic rings. The number of nitro groups is 2. The fraction of sp³-hybridized carbons (Fsp3) is 0.0667. The van der Waals surface area contributed by atoms with E-state index in [9.17, 15) is 25.0 Å². The zero-order valence-corrected chi connectivity index (χ0v) is 12.5. The topological polar surface area (TPSA) is 128 Å². The largest absolute Gasteiger partial charge is 0.272 e. The van der Waals surface area contributed by atoms with Crippen molar-refractivity contribution in [1.82, 2.24) is 5.43 Å². The molecule has 9 nitrogen and oxygen atoms in total. The minimum absolute atomic E-state index is 0.0772. The summed E-state index contributed by atoms with van der Waals surface area (Å²) < 4.78 is 0. The Morgan fingerprint density at radius 2 is 1.88 bits per heavy atom. The summed E-state index contributed by atoms with van der Waals surface area (Å²) in [5.41, 5.74) is 3.12. The molecule has 0 aromatic heterocycles. The standard InChI is InChI=1S/C15H12N4O5/c1-10-7-12(5-6-14(10)19(23)24)15(20)17-16-9-11-3-2-4-13(8-11)18(21)22/h2-9H,1H3,(H,17,20). The maximum absolute atomic E-state index is 11.9. The molecule has 0 aliphatic carbocycles. The summed E-state index contributed by atoms with van der Waals surface area (Å²) in [6, 6.07) is 9.70. The SMILES string of the molecule is Cc1cc(C(=O)NN=Cc2cccc([N+](=O)[O-])c2)ccc1[N+](=O)[O-]. The molecule has 0 fully saturated rings. The van der Waals surface area contributed by atoms with Gasteiger partial charge in [-0.1, -0.05) is 12.1 Å². The Bertz CT molecular complexity index is 848. The molecule has 0 unspecified atom stereocenters. The average Bonchev–Trinajstić information content (AvgIpc) is 2.54. The lowest BCUT2D eigenvalue weighted by molar-refractivity contribution is -0.385. The van der Waals surface area contributed by atoms with Crippen molar-refractivity contribution in [2.45, 2.75) is 6.92 Å². The van der Waals surface area contributed by atoms with Gasteiger partial charge in [-0.15, -0.1) is 0 Å². The normalized spacial score (nSPS) is 10.5. The molecule has 0 saturated carbocycles. The Morgan fingerprint density at radius 1 is 1.12 bits per heavy atom. The molecule has 0 saturated heterocycles. The van der Waals surface area contributed by atoms with Gasteiger partial charge in [0.05, 0.1) is 16.1 Å². The van der Waals surface area contributed by atoms with Crippen molar-refractivity contribution in [3.63, 3.8) is 0 Å². The van der Waals surface area contributed by atoms with Gasteiger partial charge in [0.2, 0.25) is 0 Å². The van der Waals surface area contributed by atoms with Crippen molar-refractivity contribution in [3.05, 3.63) is 79.4 Å². The van der Waals surface area contributed by atoms with E-state index in [1.165, 1.54) is 49.5 Å². The van der Waals surface area contributed by atoms with Crippen LogP contribution in [0, 0.1) is 27.2 Å². The summed E-state index contributed by atoms with van der Waals surface area (Å²) in [6.45, 7) is 1.53. The van der Waals surface area contributed by atoms with Crippen molar-refractivity contribution >= 4 is 23.5 Å². The smallest absolute Gasteiger partial charge is 0.267 e. The van der Waals surface area contributed by atoms with Gasteiger partial charge in [-0.05, 0) is 19.1 Å². The Kier molecular flexibility index (Phi) is 4.95. The van der Waals surface area contributed by atoms with E-state index in [2.05, 4.69) is 10.5 Å². The number of amides is 1. The van der Waals surface area contributed by atoms with Gasteiger partial charge in [-0.25, -0.2) is 5.43 Å². The molecule has 0 atom stereocenters. The molecule has 2 rings (SSSR count). The number of nitrogens with one attached hydrogen (secondary N) is 1. The van der Waals surface area contributed by atoms with Crippen molar-refractivity contribution in [1.29, 1.82) is 0 Å². The molecule has 0 heterocycles. The third-order valence-electron chi connectivity index (χ3n) is 3.12. The van der Waals surface area contributed by atoms with Crippen LogP contribution in [0.15, 0.2) is 47.6 Å². The molecule has 0 aliphatic rings. The number of non-ortho nitro benzene ring substituents is 1. The van der Waals surface area contributed by atoms with Crippen LogP contribution < -0.4 is 5.43 Å². The van der Waals surface area contributed by atoms with Crippen LogP contribution in [0.3, 0.4) is 0 Å². The molecule has 0 radical (unpaired) electrons. The van der Waals surface area contributed by atoms with Crippen LogP contribution in [0.1, 0.15) is 21.5 Å². The minimum atomic E-state index is -0.547. The van der Waals surface area contributed by atoms with Gasteiger partial charge in [0, 0.05) is 34.9 Å². The molecule has 122 valence electrons. The molecule has 0 bridgehead atoms. The predicted molar refractivity (Wildman–Crippen MR) is 86.0 cm³/mol. The third kappa shape index (κ3) is 3.97. The van der Waals surface area contributed by atoms with Crippen LogP contribution in [0.4, 0.5) is 11.4 Å². The Hall–Kier alpha value is -3.62. The van der Waals surface area contributed by atoms with Gasteiger partial charge in [0.15, 0.2) is 0 Å². The molecule has 1 amide bonds. The van der Waals surface area contributed by atoms with Crippen molar-refractivity contribution < 1.29 is 14.6 Å². The van der Waals surface area contributed by atoms with E-state index in [-0.39, 0.29) is 16.9 Å². The molecular formula is C15H12N4O5. The van der Waals surface area contributed by atoms with Crippen LogP contribution >= 0.6 is 0 Å². The van der Waals surface area contributed by atoms with E-state index in [0.717, 1.165) is 0 Å². The lowest BCUT2D eigenvalue weighted by atomic mass is 10.1. The first-order valence-corrected chi connectivity index (χ1v) is 6.71. The van der Waals surface area contributed by atoms with Crippen LogP contribution in [-0.2, 0) is 0 Å². The Balaban J connectivity index is 2.08. The fourth-order valence-corrected chi connectivity index (χ4v) is 1.95. The quantitative estimate of drug-likeness (QED) is 0.512. The molecule has 0 aliphatic heterocycles. The second kappa shape index (κ2) is 7.09. The fourth-order valence-electron chi connectivity index (χ4n) is 1.95. The highest BCUT2D eigenvalue weighted by Crippen LogP contribution is 2.18. The second-order valence-electron chi connectivity index (χ2n) is 4.81. The molecule has 2 aromatic carbocycles. The van der Waals surface area contributed by atoms with Gasteiger partial charge in [0.25, 0.3) is 17.3 Å². The predicted octanol–water partition coefficient (Wildman–Crippen LogP) is 2.58. The summed E-state index contributed by atoms with van der Waals surface area (Å²) in [6.07, 6.45) is 1.27. The van der Waals surface area contributed by atoms with E-state index in [1.54, 1.807) is 6.07 Å². The van der Waals surface area contributed by atoms with Crippen LogP contribution in [0.25, 0.3) is 0 Å². The van der Waals surface area contributed by atoms with Crippen molar-refractivity contribution in [2.75, 3.05) is 0 Å². The summed E-state index contributed by atoms with van der Waals surface area (Å²) >= 11 is 0. The number of hydrazone groups is 1. The second-order valence-corrected chi connectivity index (χ2v) is 4.81. The maximum Gasteiger partial charge on any atom is 0.272 e. The van der Waals surface area contributed by atoms with E-state index in [0.29, 0.717) is 11.1 Å². The molecule has 1 N–H and O–H groups in total. The summed E-state index contributed by atoms with van der Waals surface area (Å²) in [4.78, 5) is 32.3. The summed E-state index contributed by atoms with van der Waals surface area (Å²) in [5.74, 6) is -0.547. The number of nitrogens with zero attached hydrogens (tertiary/aromatic N) is 3. The number of hydrogen-bond acceptors (Lipinski definition) is 6. The molecule has 9 heteroatoms. The first kappa shape index (κ1) is 16.7. The maximum atomic E-state index is 11.9. The number of hydrogen-bond donors (Lipinski definition) is 1. The summed E-state index contributed by atoms with van der Waals surface area (Å²) in [5, 5.41) is 25.1. The lowest BCUT2D eigenvalue weighted by Crippen LogP contribution is -2.17. The number of benzene rings is 2. The first-order chi connectivity index (χ1) is 11.4. The highest BCUT2D eigenvalue weighted by Gasteiger charge is 2.13.